The molecule has 0 unspecified atom stereocenters. The minimum absolute atomic E-state index is 0.0853. The highest BCUT2D eigenvalue weighted by Gasteiger charge is 2.31. The topological polar surface area (TPSA) is 61.6 Å². The molecule has 106 valence electrons. The molecule has 0 bridgehead atoms. The summed E-state index contributed by atoms with van der Waals surface area (Å²) in [7, 11) is 4.25. The molecular formula is C13H28N4O. The maximum atomic E-state index is 11.6. The third-order valence-electron chi connectivity index (χ3n) is 3.70. The number of amides is 1. The van der Waals surface area contributed by atoms with Gasteiger partial charge < -0.3 is 9.80 Å². The van der Waals surface area contributed by atoms with Crippen LogP contribution in [0, 0.1) is 11.3 Å². The van der Waals surface area contributed by atoms with Crippen LogP contribution in [0.5, 0.6) is 0 Å². The van der Waals surface area contributed by atoms with Crippen LogP contribution in [0.25, 0.3) is 0 Å². The van der Waals surface area contributed by atoms with Gasteiger partial charge in [0, 0.05) is 13.1 Å². The van der Waals surface area contributed by atoms with Crippen LogP contribution in [0.2, 0.25) is 0 Å². The summed E-state index contributed by atoms with van der Waals surface area (Å²) in [6, 6.07) is 0. The highest BCUT2D eigenvalue weighted by atomic mass is 16.2. The van der Waals surface area contributed by atoms with Gasteiger partial charge in [-0.05, 0) is 59.8 Å². The van der Waals surface area contributed by atoms with E-state index in [2.05, 4.69) is 29.3 Å². The van der Waals surface area contributed by atoms with E-state index in [1.807, 2.05) is 13.8 Å². The summed E-state index contributed by atoms with van der Waals surface area (Å²) in [5.41, 5.74) is 1.84. The third kappa shape index (κ3) is 4.55. The molecule has 0 aromatic rings. The maximum absolute atomic E-state index is 11.6. The Morgan fingerprint density at radius 1 is 1.39 bits per heavy atom. The lowest BCUT2D eigenvalue weighted by atomic mass is 9.89. The molecule has 3 N–H and O–H groups in total. The molecule has 1 heterocycles. The number of hydrogen-bond acceptors (Lipinski definition) is 4. The first-order chi connectivity index (χ1) is 8.35. The normalized spacial score (nSPS) is 19.2. The molecule has 1 amide bonds. The van der Waals surface area contributed by atoms with E-state index in [0.29, 0.717) is 0 Å². The van der Waals surface area contributed by atoms with E-state index >= 15 is 0 Å². The monoisotopic (exact) mass is 256 g/mol. The molecule has 0 aromatic heterocycles. The van der Waals surface area contributed by atoms with E-state index in [9.17, 15) is 4.79 Å². The summed E-state index contributed by atoms with van der Waals surface area (Å²) in [6.45, 7) is 8.01. The molecule has 0 aromatic carbocycles. The summed E-state index contributed by atoms with van der Waals surface area (Å²) in [6.07, 6.45) is 2.44. The Balaban J connectivity index is 2.37. The van der Waals surface area contributed by atoms with Gasteiger partial charge in [0.05, 0.1) is 5.41 Å². The maximum Gasteiger partial charge on any atom is 0.240 e. The first-order valence-electron chi connectivity index (χ1n) is 6.73. The number of nitrogens with zero attached hydrogens (tertiary/aromatic N) is 2. The first-order valence-corrected chi connectivity index (χ1v) is 6.73. The Bertz CT molecular complexity index is 270. The van der Waals surface area contributed by atoms with E-state index in [0.717, 1.165) is 25.6 Å². The van der Waals surface area contributed by atoms with Crippen molar-refractivity contribution >= 4 is 5.91 Å². The molecule has 0 radical (unpaired) electrons. The van der Waals surface area contributed by atoms with E-state index in [-0.39, 0.29) is 5.91 Å². The predicted molar refractivity (Wildman–Crippen MR) is 73.8 cm³/mol. The Kier molecular flexibility index (Phi) is 5.56. The molecule has 0 aliphatic carbocycles. The molecule has 1 fully saturated rings. The smallest absolute Gasteiger partial charge is 0.240 e. The Morgan fingerprint density at radius 3 is 2.39 bits per heavy atom. The van der Waals surface area contributed by atoms with Crippen LogP contribution in [0.4, 0.5) is 0 Å². The molecule has 5 heteroatoms. The fourth-order valence-electron chi connectivity index (χ4n) is 2.67. The second kappa shape index (κ2) is 6.50. The molecule has 0 atom stereocenters. The molecule has 5 nitrogen and oxygen atoms in total. The van der Waals surface area contributed by atoms with Crippen LogP contribution in [0.15, 0.2) is 0 Å². The number of rotatable bonds is 5. The van der Waals surface area contributed by atoms with Gasteiger partial charge in [-0.3, -0.25) is 10.2 Å². The van der Waals surface area contributed by atoms with Crippen molar-refractivity contribution in [2.45, 2.75) is 26.7 Å². The molecule has 18 heavy (non-hydrogen) atoms. The zero-order valence-corrected chi connectivity index (χ0v) is 12.2. The Labute approximate surface area is 111 Å². The summed E-state index contributed by atoms with van der Waals surface area (Å²) < 4.78 is 0. The van der Waals surface area contributed by atoms with Crippen molar-refractivity contribution in [3.63, 3.8) is 0 Å². The third-order valence-corrected chi connectivity index (χ3v) is 3.70. The van der Waals surface area contributed by atoms with Gasteiger partial charge in [-0.1, -0.05) is 0 Å². The zero-order chi connectivity index (χ0) is 13.8. The van der Waals surface area contributed by atoms with Gasteiger partial charge in [-0.25, -0.2) is 5.84 Å². The van der Waals surface area contributed by atoms with Crippen molar-refractivity contribution < 1.29 is 4.79 Å². The van der Waals surface area contributed by atoms with Crippen molar-refractivity contribution in [1.29, 1.82) is 0 Å². The molecule has 0 saturated carbocycles. The highest BCUT2D eigenvalue weighted by molar-refractivity contribution is 5.81. The second-order valence-corrected chi connectivity index (χ2v) is 6.34. The van der Waals surface area contributed by atoms with Crippen LogP contribution in [-0.2, 0) is 4.79 Å². The van der Waals surface area contributed by atoms with Crippen LogP contribution in [-0.4, -0.2) is 56.0 Å². The SMILES string of the molecule is CN(C)CC1CCN(CC(C)(C)C(=O)NN)CC1. The lowest BCUT2D eigenvalue weighted by Crippen LogP contribution is -2.49. The molecular weight excluding hydrogens is 228 g/mol. The van der Waals surface area contributed by atoms with Gasteiger partial charge in [0.2, 0.25) is 5.91 Å². The Morgan fingerprint density at radius 2 is 1.94 bits per heavy atom. The van der Waals surface area contributed by atoms with Gasteiger partial charge >= 0.3 is 0 Å². The number of likely N-dealkylation sites (tertiary alicyclic amines) is 1. The van der Waals surface area contributed by atoms with E-state index in [1.54, 1.807) is 0 Å². The highest BCUT2D eigenvalue weighted by Crippen LogP contribution is 2.23. The van der Waals surface area contributed by atoms with Crippen molar-refractivity contribution in [3.8, 4) is 0 Å². The Hall–Kier alpha value is -0.650. The fraction of sp³-hybridized carbons (Fsp3) is 0.923. The van der Waals surface area contributed by atoms with Crippen LogP contribution in [0.1, 0.15) is 26.7 Å². The number of piperidine rings is 1. The van der Waals surface area contributed by atoms with Crippen molar-refractivity contribution in [2.24, 2.45) is 17.2 Å². The van der Waals surface area contributed by atoms with E-state index in [1.165, 1.54) is 19.4 Å². The minimum Gasteiger partial charge on any atom is -0.309 e. The average Bonchev–Trinajstić information content (AvgIpc) is 2.29. The number of carbonyl (C=O) groups excluding carboxylic acids is 1. The number of nitrogens with two attached hydrogens (primary N) is 1. The van der Waals surface area contributed by atoms with Crippen molar-refractivity contribution in [1.82, 2.24) is 15.2 Å². The minimum atomic E-state index is -0.414. The molecule has 0 spiro atoms. The predicted octanol–water partition coefficient (Wildman–Crippen LogP) is 0.276. The zero-order valence-electron chi connectivity index (χ0n) is 12.2. The van der Waals surface area contributed by atoms with Gasteiger partial charge in [0.1, 0.15) is 0 Å². The number of carbonyl (C=O) groups is 1. The van der Waals surface area contributed by atoms with Crippen molar-refractivity contribution in [2.75, 3.05) is 40.3 Å². The molecule has 1 aliphatic rings. The van der Waals surface area contributed by atoms with Gasteiger partial charge in [-0.15, -0.1) is 0 Å². The lowest BCUT2D eigenvalue weighted by molar-refractivity contribution is -0.130. The standard InChI is InChI=1S/C13H28N4O/c1-13(2,12(18)15-14)10-17-7-5-11(6-8-17)9-16(3)4/h11H,5-10,14H2,1-4H3,(H,15,18). The van der Waals surface area contributed by atoms with Crippen LogP contribution >= 0.6 is 0 Å². The van der Waals surface area contributed by atoms with Gasteiger partial charge in [0.15, 0.2) is 0 Å². The first kappa shape index (κ1) is 15.4. The van der Waals surface area contributed by atoms with Crippen molar-refractivity contribution in [3.05, 3.63) is 0 Å². The summed E-state index contributed by atoms with van der Waals surface area (Å²) in [4.78, 5) is 16.3. The molecule has 1 saturated heterocycles. The number of hydrazine groups is 1. The average molecular weight is 256 g/mol. The van der Waals surface area contributed by atoms with E-state index in [4.69, 9.17) is 5.84 Å². The van der Waals surface area contributed by atoms with E-state index < -0.39 is 5.41 Å². The quantitative estimate of drug-likeness (QED) is 0.421. The fourth-order valence-corrected chi connectivity index (χ4v) is 2.67. The molecule has 1 rings (SSSR count). The molecule has 1 aliphatic heterocycles. The number of nitrogens with one attached hydrogen (secondary N) is 1. The van der Waals surface area contributed by atoms with Gasteiger partial charge in [0.25, 0.3) is 0 Å². The second-order valence-electron chi connectivity index (χ2n) is 6.34. The van der Waals surface area contributed by atoms with Crippen LogP contribution < -0.4 is 11.3 Å². The largest absolute Gasteiger partial charge is 0.309 e. The summed E-state index contributed by atoms with van der Waals surface area (Å²) in [5, 5.41) is 0. The van der Waals surface area contributed by atoms with Gasteiger partial charge in [-0.2, -0.15) is 0 Å². The summed E-state index contributed by atoms with van der Waals surface area (Å²) in [5.74, 6) is 5.93. The van der Waals surface area contributed by atoms with Crippen LogP contribution in [0.3, 0.4) is 0 Å². The lowest BCUT2D eigenvalue weighted by Gasteiger charge is -2.37. The summed E-state index contributed by atoms with van der Waals surface area (Å²) >= 11 is 0. The number of hydrogen-bond donors (Lipinski definition) is 2.